The maximum Gasteiger partial charge on any atom is 0.306 e. The van der Waals surface area contributed by atoms with Crippen molar-refractivity contribution in [3.05, 3.63) is 0 Å². The van der Waals surface area contributed by atoms with Crippen LogP contribution in [0.1, 0.15) is 52.9 Å². The van der Waals surface area contributed by atoms with Gasteiger partial charge in [0.05, 0.1) is 31.8 Å². The van der Waals surface area contributed by atoms with Crippen molar-refractivity contribution in [2.75, 3.05) is 19.0 Å². The molecule has 0 aliphatic rings. The van der Waals surface area contributed by atoms with E-state index in [9.17, 15) is 18.0 Å². The molecule has 0 fully saturated rings. The van der Waals surface area contributed by atoms with Crippen molar-refractivity contribution in [1.82, 2.24) is 0 Å². The molecule has 0 bridgehead atoms. The van der Waals surface area contributed by atoms with Crippen molar-refractivity contribution in [3.8, 4) is 0 Å². The van der Waals surface area contributed by atoms with Gasteiger partial charge in [-0.15, -0.1) is 0 Å². The van der Waals surface area contributed by atoms with Crippen LogP contribution in [0, 0.1) is 0 Å². The van der Waals surface area contributed by atoms with E-state index < -0.39 is 10.1 Å². The molecule has 0 aromatic heterocycles. The third-order valence-electron chi connectivity index (χ3n) is 2.15. The van der Waals surface area contributed by atoms with Gasteiger partial charge in [0.15, 0.2) is 0 Å². The summed E-state index contributed by atoms with van der Waals surface area (Å²) in [7, 11) is -3.70. The fraction of sp³-hybridized carbons (Fsp3) is 0.846. The molecule has 1 N–H and O–H groups in total. The summed E-state index contributed by atoms with van der Waals surface area (Å²) in [5, 5.41) is 0. The zero-order chi connectivity index (χ0) is 16.7. The lowest BCUT2D eigenvalue weighted by atomic mass is 10.3. The van der Waals surface area contributed by atoms with E-state index in [4.69, 9.17) is 4.55 Å². The summed E-state index contributed by atoms with van der Waals surface area (Å²) in [6.45, 7) is 6.12. The molecule has 0 saturated carbocycles. The number of rotatable bonds is 9. The summed E-state index contributed by atoms with van der Waals surface area (Å²) in [5.74, 6) is -0.808. The Bertz CT molecular complexity index is 358. The lowest BCUT2D eigenvalue weighted by molar-refractivity contribution is -0.149. The molecular formula is C13H26O7S. The van der Waals surface area contributed by atoms with Crippen molar-refractivity contribution < 1.29 is 32.0 Å². The zero-order valence-electron chi connectivity index (χ0n) is 13.0. The molecule has 0 aliphatic carbocycles. The Hall–Kier alpha value is -1.15. The quantitative estimate of drug-likeness (QED) is 0.392. The lowest BCUT2D eigenvalue weighted by Crippen LogP contribution is -2.09. The van der Waals surface area contributed by atoms with Gasteiger partial charge in [-0.2, -0.15) is 8.42 Å². The first-order valence-corrected chi connectivity index (χ1v) is 8.64. The summed E-state index contributed by atoms with van der Waals surface area (Å²) < 4.78 is 37.6. The predicted molar refractivity (Wildman–Crippen MR) is 78.4 cm³/mol. The minimum absolute atomic E-state index is 0.0964. The van der Waals surface area contributed by atoms with E-state index in [0.717, 1.165) is 12.8 Å². The van der Waals surface area contributed by atoms with Crippen molar-refractivity contribution in [3.63, 3.8) is 0 Å². The van der Waals surface area contributed by atoms with Crippen LogP contribution in [-0.4, -0.2) is 43.9 Å². The smallest absolute Gasteiger partial charge is 0.306 e. The topological polar surface area (TPSA) is 107 Å². The molecule has 0 aromatic rings. The van der Waals surface area contributed by atoms with Gasteiger partial charge in [0.2, 0.25) is 0 Å². The van der Waals surface area contributed by atoms with Crippen LogP contribution >= 0.6 is 0 Å². The number of hydrogen-bond acceptors (Lipinski definition) is 6. The van der Waals surface area contributed by atoms with Gasteiger partial charge in [0, 0.05) is 0 Å². The highest BCUT2D eigenvalue weighted by Crippen LogP contribution is 1.96. The Labute approximate surface area is 126 Å². The monoisotopic (exact) mass is 326 g/mol. The number of esters is 2. The molecule has 0 saturated heterocycles. The molecule has 0 radical (unpaired) electrons. The number of hydrogen-bond donors (Lipinski definition) is 1. The van der Waals surface area contributed by atoms with Gasteiger partial charge in [-0.3, -0.25) is 14.1 Å². The molecule has 0 heterocycles. The lowest BCUT2D eigenvalue weighted by Gasteiger charge is -2.01. The van der Waals surface area contributed by atoms with Gasteiger partial charge in [0.1, 0.15) is 0 Å². The fourth-order valence-electron chi connectivity index (χ4n) is 1.20. The third kappa shape index (κ3) is 21.3. The van der Waals surface area contributed by atoms with Crippen molar-refractivity contribution in [2.45, 2.75) is 52.9 Å². The van der Waals surface area contributed by atoms with Gasteiger partial charge < -0.3 is 9.47 Å². The second kappa shape index (κ2) is 13.8. The number of ether oxygens (including phenoxy) is 2. The van der Waals surface area contributed by atoms with Crippen molar-refractivity contribution in [1.29, 1.82) is 0 Å². The Morgan fingerprint density at radius 1 is 0.905 bits per heavy atom. The van der Waals surface area contributed by atoms with E-state index in [1.54, 1.807) is 13.8 Å². The van der Waals surface area contributed by atoms with Gasteiger partial charge >= 0.3 is 11.9 Å². The van der Waals surface area contributed by atoms with Gasteiger partial charge in [-0.1, -0.05) is 19.8 Å². The van der Waals surface area contributed by atoms with E-state index in [0.29, 0.717) is 19.6 Å². The van der Waals surface area contributed by atoms with Crippen molar-refractivity contribution >= 4 is 22.1 Å². The van der Waals surface area contributed by atoms with Gasteiger partial charge in [-0.05, 0) is 20.3 Å². The molecule has 0 aliphatic heterocycles. The maximum atomic E-state index is 10.7. The molecule has 8 heteroatoms. The van der Waals surface area contributed by atoms with Crippen molar-refractivity contribution in [2.24, 2.45) is 0 Å². The van der Waals surface area contributed by atoms with Crippen LogP contribution in [0.25, 0.3) is 0 Å². The molecule has 0 rings (SSSR count). The van der Waals surface area contributed by atoms with Crippen LogP contribution < -0.4 is 0 Å². The number of carbonyl (C=O) groups is 2. The van der Waals surface area contributed by atoms with Crippen LogP contribution in [0.2, 0.25) is 0 Å². The van der Waals surface area contributed by atoms with E-state index >= 15 is 0 Å². The van der Waals surface area contributed by atoms with Gasteiger partial charge in [-0.25, -0.2) is 0 Å². The largest absolute Gasteiger partial charge is 0.466 e. The molecule has 0 amide bonds. The highest BCUT2D eigenvalue weighted by Gasteiger charge is 2.07. The van der Waals surface area contributed by atoms with Crippen LogP contribution in [-0.2, 0) is 29.2 Å². The van der Waals surface area contributed by atoms with E-state index in [1.165, 1.54) is 0 Å². The first-order chi connectivity index (χ1) is 9.76. The second-order valence-corrected chi connectivity index (χ2v) is 5.68. The highest BCUT2D eigenvalue weighted by molar-refractivity contribution is 7.85. The van der Waals surface area contributed by atoms with Crippen LogP contribution in [0.5, 0.6) is 0 Å². The fourth-order valence-corrected chi connectivity index (χ4v) is 1.77. The Balaban J connectivity index is 0. The summed E-state index contributed by atoms with van der Waals surface area (Å²) >= 11 is 0. The average molecular weight is 326 g/mol. The molecule has 7 nitrogen and oxygen atoms in total. The number of carbonyl (C=O) groups excluding carboxylic acids is 2. The highest BCUT2D eigenvalue weighted by atomic mass is 32.2. The molecule has 0 unspecified atom stereocenters. The number of unbranched alkanes of at least 4 members (excludes halogenated alkanes) is 2. The maximum absolute atomic E-state index is 10.7. The Morgan fingerprint density at radius 2 is 1.33 bits per heavy atom. The molecule has 126 valence electrons. The summed E-state index contributed by atoms with van der Waals surface area (Å²) in [6, 6.07) is 0. The first-order valence-electron chi connectivity index (χ1n) is 7.03. The first kappa shape index (κ1) is 22.1. The molecular weight excluding hydrogens is 300 g/mol. The summed E-state index contributed by atoms with van der Waals surface area (Å²) in [5.41, 5.74) is 0. The van der Waals surface area contributed by atoms with E-state index in [-0.39, 0.29) is 30.5 Å². The van der Waals surface area contributed by atoms with E-state index in [1.807, 2.05) is 6.92 Å². The Morgan fingerprint density at radius 3 is 1.62 bits per heavy atom. The predicted octanol–water partition coefficient (Wildman–Crippen LogP) is 1.96. The standard InChI is InChI=1S/C8H14O4.C5H12O3S/c1-3-11-7(9)5-6-8(10)12-4-2;1-2-3-4-5-9(6,7)8/h3-6H2,1-2H3;2-5H2,1H3,(H,6,7,8). The SMILES string of the molecule is CCCCCS(=O)(=O)O.CCOC(=O)CCC(=O)OCC. The summed E-state index contributed by atoms with van der Waals surface area (Å²) in [4.78, 5) is 21.4. The normalized spacial score (nSPS) is 10.3. The minimum atomic E-state index is -3.70. The summed E-state index contributed by atoms with van der Waals surface area (Å²) in [6.07, 6.45) is 2.60. The van der Waals surface area contributed by atoms with E-state index in [2.05, 4.69) is 9.47 Å². The molecule has 0 aromatic carbocycles. The van der Waals surface area contributed by atoms with Crippen LogP contribution in [0.4, 0.5) is 0 Å². The zero-order valence-corrected chi connectivity index (χ0v) is 13.8. The van der Waals surface area contributed by atoms with Crippen LogP contribution in [0.3, 0.4) is 0 Å². The third-order valence-corrected chi connectivity index (χ3v) is 2.95. The molecule has 21 heavy (non-hydrogen) atoms. The van der Waals surface area contributed by atoms with Gasteiger partial charge in [0.25, 0.3) is 10.1 Å². The molecule has 0 spiro atoms. The van der Waals surface area contributed by atoms with Crippen LogP contribution in [0.15, 0.2) is 0 Å². The second-order valence-electron chi connectivity index (χ2n) is 4.10. The molecule has 0 atom stereocenters. The Kier molecular flexibility index (Phi) is 14.6. The minimum Gasteiger partial charge on any atom is -0.466 e. The average Bonchev–Trinajstić information content (AvgIpc) is 2.37.